The summed E-state index contributed by atoms with van der Waals surface area (Å²) in [7, 11) is 1.69. The molecule has 2 saturated heterocycles. The zero-order valence-corrected chi connectivity index (χ0v) is 21.0. The van der Waals surface area contributed by atoms with Crippen molar-refractivity contribution in [2.24, 2.45) is 0 Å². The number of piperazine rings is 1. The van der Waals surface area contributed by atoms with Crippen LogP contribution >= 0.6 is 0 Å². The van der Waals surface area contributed by atoms with Crippen LogP contribution in [-0.2, 0) is 4.74 Å². The number of fused-ring (bicyclic) bond motifs is 1. The van der Waals surface area contributed by atoms with E-state index in [1.165, 1.54) is 5.69 Å². The van der Waals surface area contributed by atoms with E-state index in [4.69, 9.17) is 14.5 Å². The van der Waals surface area contributed by atoms with Crippen molar-refractivity contribution < 1.29 is 9.47 Å². The highest BCUT2D eigenvalue weighted by Gasteiger charge is 2.20. The number of nitrogens with zero attached hydrogens (tertiary/aromatic N) is 5. The predicted octanol–water partition coefficient (Wildman–Crippen LogP) is 4.02. The highest BCUT2D eigenvalue weighted by atomic mass is 16.5. The predicted molar refractivity (Wildman–Crippen MR) is 146 cm³/mol. The molecule has 192 valence electrons. The number of para-hydroxylation sites is 1. The van der Waals surface area contributed by atoms with Crippen molar-refractivity contribution >= 4 is 40.0 Å². The van der Waals surface area contributed by atoms with Gasteiger partial charge in [-0.15, -0.1) is 0 Å². The van der Waals surface area contributed by atoms with Gasteiger partial charge in [0, 0.05) is 62.9 Å². The Labute approximate surface area is 216 Å². The second-order valence-electron chi connectivity index (χ2n) is 9.35. The molecule has 10 nitrogen and oxygen atoms in total. The largest absolute Gasteiger partial charge is 0.494 e. The average molecular weight is 501 g/mol. The first-order valence-electron chi connectivity index (χ1n) is 12.8. The molecule has 2 fully saturated rings. The molecule has 0 aliphatic carbocycles. The van der Waals surface area contributed by atoms with Gasteiger partial charge in [-0.1, -0.05) is 18.2 Å². The third-order valence-electron chi connectivity index (χ3n) is 7.05. The normalized spacial score (nSPS) is 16.7. The lowest BCUT2D eigenvalue weighted by molar-refractivity contribution is 0.0904. The fourth-order valence-electron chi connectivity index (χ4n) is 4.99. The van der Waals surface area contributed by atoms with Crippen molar-refractivity contribution in [1.29, 1.82) is 0 Å². The molecule has 0 saturated carbocycles. The summed E-state index contributed by atoms with van der Waals surface area (Å²) in [6.45, 7) is 5.37. The summed E-state index contributed by atoms with van der Waals surface area (Å²) in [5.41, 5.74) is 4.63. The van der Waals surface area contributed by atoms with Crippen LogP contribution in [0.25, 0.3) is 11.2 Å². The number of rotatable bonds is 7. The van der Waals surface area contributed by atoms with E-state index in [0.29, 0.717) is 17.6 Å². The number of aromatic nitrogens is 4. The average Bonchev–Trinajstić information content (AvgIpc) is 3.44. The van der Waals surface area contributed by atoms with E-state index < -0.39 is 0 Å². The van der Waals surface area contributed by atoms with Gasteiger partial charge in [0.25, 0.3) is 0 Å². The number of H-pyrrole nitrogens is 1. The highest BCUT2D eigenvalue weighted by Crippen LogP contribution is 2.33. The summed E-state index contributed by atoms with van der Waals surface area (Å²) in [6.07, 6.45) is 3.53. The summed E-state index contributed by atoms with van der Waals surface area (Å²) in [4.78, 5) is 21.7. The van der Waals surface area contributed by atoms with E-state index in [9.17, 15) is 0 Å². The van der Waals surface area contributed by atoms with E-state index >= 15 is 0 Å². The second kappa shape index (κ2) is 10.5. The third-order valence-corrected chi connectivity index (χ3v) is 7.05. The van der Waals surface area contributed by atoms with Crippen LogP contribution in [0.15, 0.2) is 54.9 Å². The number of hydrogen-bond acceptors (Lipinski definition) is 9. The molecule has 0 radical (unpaired) electrons. The number of nitrogens with one attached hydrogen (secondary N) is 3. The summed E-state index contributed by atoms with van der Waals surface area (Å²) < 4.78 is 11.2. The molecule has 0 bridgehead atoms. The molecule has 0 spiro atoms. The first-order chi connectivity index (χ1) is 18.3. The molecule has 6 rings (SSSR count). The lowest BCUT2D eigenvalue weighted by Gasteiger charge is -2.37. The van der Waals surface area contributed by atoms with Gasteiger partial charge in [0.1, 0.15) is 11.3 Å². The molecule has 0 amide bonds. The topological polar surface area (TPSA) is 103 Å². The molecule has 0 unspecified atom stereocenters. The van der Waals surface area contributed by atoms with Gasteiger partial charge in [-0.25, -0.2) is 4.98 Å². The molecule has 0 atom stereocenters. The maximum absolute atomic E-state index is 5.76. The molecule has 2 aliphatic rings. The van der Waals surface area contributed by atoms with Crippen molar-refractivity contribution in [3.05, 3.63) is 54.9 Å². The van der Waals surface area contributed by atoms with Crippen LogP contribution in [0.5, 0.6) is 5.75 Å². The van der Waals surface area contributed by atoms with E-state index in [0.717, 1.165) is 80.7 Å². The summed E-state index contributed by atoms with van der Waals surface area (Å²) in [5, 5.41) is 6.90. The van der Waals surface area contributed by atoms with Crippen LogP contribution in [-0.4, -0.2) is 72.5 Å². The molecule has 2 aliphatic heterocycles. The van der Waals surface area contributed by atoms with Gasteiger partial charge in [-0.2, -0.15) is 9.97 Å². The number of hydrogen-bond donors (Lipinski definition) is 3. The van der Waals surface area contributed by atoms with E-state index in [1.54, 1.807) is 13.4 Å². The van der Waals surface area contributed by atoms with E-state index in [2.05, 4.69) is 77.8 Å². The fourth-order valence-corrected chi connectivity index (χ4v) is 4.99. The monoisotopic (exact) mass is 500 g/mol. The second-order valence-corrected chi connectivity index (χ2v) is 9.35. The summed E-state index contributed by atoms with van der Waals surface area (Å²) in [5.74, 6) is 1.95. The Morgan fingerprint density at radius 1 is 0.946 bits per heavy atom. The first-order valence-corrected chi connectivity index (χ1v) is 12.8. The molecule has 4 heterocycles. The van der Waals surface area contributed by atoms with Gasteiger partial charge in [-0.05, 0) is 37.1 Å². The smallest absolute Gasteiger partial charge is 0.231 e. The maximum atomic E-state index is 5.76. The number of ether oxygens (including phenoxy) is 2. The van der Waals surface area contributed by atoms with Crippen LogP contribution in [0.3, 0.4) is 0 Å². The van der Waals surface area contributed by atoms with Crippen LogP contribution in [0.2, 0.25) is 0 Å². The Morgan fingerprint density at radius 3 is 2.46 bits per heavy atom. The van der Waals surface area contributed by atoms with Gasteiger partial charge in [-0.3, -0.25) is 0 Å². The SMILES string of the molecule is COc1cc(N2CCN(c3ccccc3)CC2)ccc1Nc1nc(NC2CCOCC2)c2[nH]cnc2n1. The molecule has 2 aromatic heterocycles. The van der Waals surface area contributed by atoms with Gasteiger partial charge < -0.3 is 34.9 Å². The van der Waals surface area contributed by atoms with Gasteiger partial charge in [0.15, 0.2) is 11.5 Å². The van der Waals surface area contributed by atoms with Gasteiger partial charge in [0.2, 0.25) is 5.95 Å². The minimum atomic E-state index is 0.305. The molecule has 3 N–H and O–H groups in total. The Balaban J connectivity index is 1.18. The van der Waals surface area contributed by atoms with Crippen molar-refractivity contribution in [3.8, 4) is 5.75 Å². The lowest BCUT2D eigenvalue weighted by Crippen LogP contribution is -2.46. The first kappa shape index (κ1) is 23.4. The highest BCUT2D eigenvalue weighted by molar-refractivity contribution is 5.84. The summed E-state index contributed by atoms with van der Waals surface area (Å²) in [6, 6.07) is 17.1. The fraction of sp³-hybridized carbons (Fsp3) is 0.370. The molecule has 4 aromatic rings. The van der Waals surface area contributed by atoms with Crippen molar-refractivity contribution in [1.82, 2.24) is 19.9 Å². The van der Waals surface area contributed by atoms with Crippen LogP contribution < -0.4 is 25.2 Å². The summed E-state index contributed by atoms with van der Waals surface area (Å²) >= 11 is 0. The zero-order chi connectivity index (χ0) is 25.0. The molecule has 37 heavy (non-hydrogen) atoms. The Kier molecular flexibility index (Phi) is 6.64. The van der Waals surface area contributed by atoms with E-state index in [-0.39, 0.29) is 0 Å². The van der Waals surface area contributed by atoms with Crippen LogP contribution in [0.4, 0.5) is 28.8 Å². The Hall–Kier alpha value is -4.05. The lowest BCUT2D eigenvalue weighted by atomic mass is 10.1. The third kappa shape index (κ3) is 5.10. The van der Waals surface area contributed by atoms with Crippen LogP contribution in [0, 0.1) is 0 Å². The van der Waals surface area contributed by atoms with Crippen molar-refractivity contribution in [2.75, 3.05) is 66.9 Å². The maximum Gasteiger partial charge on any atom is 0.231 e. The quantitative estimate of drug-likeness (QED) is 0.347. The van der Waals surface area contributed by atoms with Crippen LogP contribution in [0.1, 0.15) is 12.8 Å². The van der Waals surface area contributed by atoms with Crippen molar-refractivity contribution in [3.63, 3.8) is 0 Å². The van der Waals surface area contributed by atoms with Crippen molar-refractivity contribution in [2.45, 2.75) is 18.9 Å². The van der Waals surface area contributed by atoms with Gasteiger partial charge >= 0.3 is 0 Å². The molecule has 10 heteroatoms. The van der Waals surface area contributed by atoms with Gasteiger partial charge in [0.05, 0.1) is 19.1 Å². The minimum absolute atomic E-state index is 0.305. The number of benzene rings is 2. The number of imidazole rings is 1. The molecule has 2 aromatic carbocycles. The number of anilines is 5. The number of methoxy groups -OCH3 is 1. The molecular weight excluding hydrogens is 468 g/mol. The molecular formula is C27H32N8O2. The zero-order valence-electron chi connectivity index (χ0n) is 21.0. The minimum Gasteiger partial charge on any atom is -0.494 e. The number of aromatic amines is 1. The standard InChI is InChI=1S/C27H32N8O2/c1-36-23-17-21(35-13-11-34(12-14-35)20-5-3-2-4-6-20)7-8-22(23)31-27-32-25-24(28-18-29-25)26(33-27)30-19-9-15-37-16-10-19/h2-8,17-19H,9-16H2,1H3,(H3,28,29,30,31,32,33). The Bertz CT molecular complexity index is 1330. The van der Waals surface area contributed by atoms with E-state index in [1.807, 2.05) is 6.07 Å². The Morgan fingerprint density at radius 2 is 1.70 bits per heavy atom.